The first-order valence-electron chi connectivity index (χ1n) is 8.69. The second-order valence-electron chi connectivity index (χ2n) is 5.95. The van der Waals surface area contributed by atoms with Crippen LogP contribution in [-0.2, 0) is 21.2 Å². The monoisotopic (exact) mass is 375 g/mol. The lowest BCUT2D eigenvalue weighted by molar-refractivity contribution is -0.116. The highest BCUT2D eigenvalue weighted by Crippen LogP contribution is 2.17. The van der Waals surface area contributed by atoms with Crippen molar-refractivity contribution in [1.82, 2.24) is 9.29 Å². The maximum Gasteiger partial charge on any atom is 0.243 e. The molecule has 1 N–H and O–H groups in total. The summed E-state index contributed by atoms with van der Waals surface area (Å²) in [6.45, 7) is 6.37. The zero-order chi connectivity index (χ0) is 19.2. The first-order chi connectivity index (χ1) is 12.4. The van der Waals surface area contributed by atoms with Gasteiger partial charge in [0.1, 0.15) is 5.82 Å². The maximum atomic E-state index is 12.5. The van der Waals surface area contributed by atoms with Gasteiger partial charge in [0.2, 0.25) is 15.9 Å². The van der Waals surface area contributed by atoms with E-state index in [4.69, 9.17) is 0 Å². The Labute approximate surface area is 155 Å². The number of hydrogen-bond acceptors (Lipinski definition) is 4. The molecule has 7 heteroatoms. The summed E-state index contributed by atoms with van der Waals surface area (Å²) in [5.41, 5.74) is 1.75. The van der Waals surface area contributed by atoms with Gasteiger partial charge in [-0.15, -0.1) is 0 Å². The van der Waals surface area contributed by atoms with Gasteiger partial charge in [-0.2, -0.15) is 4.31 Å². The quantitative estimate of drug-likeness (QED) is 0.769. The predicted octanol–water partition coefficient (Wildman–Crippen LogP) is 2.99. The fourth-order valence-corrected chi connectivity index (χ4v) is 4.07. The number of carbonyl (C=O) groups excluding carboxylic acids is 1. The lowest BCUT2D eigenvalue weighted by atomic mass is 10.1. The molecule has 2 aromatic rings. The molecule has 0 aliphatic carbocycles. The second-order valence-corrected chi connectivity index (χ2v) is 7.88. The van der Waals surface area contributed by atoms with Crippen LogP contribution in [0.15, 0.2) is 47.4 Å². The first-order valence-corrected chi connectivity index (χ1v) is 10.1. The third kappa shape index (κ3) is 5.12. The molecule has 0 fully saturated rings. The highest BCUT2D eigenvalue weighted by atomic mass is 32.2. The number of aryl methyl sites for hydroxylation is 2. The summed E-state index contributed by atoms with van der Waals surface area (Å²) in [7, 11) is -3.45. The Bertz CT molecular complexity index is 845. The van der Waals surface area contributed by atoms with E-state index in [1.54, 1.807) is 30.3 Å². The molecule has 0 radical (unpaired) electrons. The molecular formula is C19H25N3O3S. The molecule has 6 nitrogen and oxygen atoms in total. The summed E-state index contributed by atoms with van der Waals surface area (Å²) in [6.07, 6.45) is 0.834. The molecule has 0 aliphatic heterocycles. The van der Waals surface area contributed by atoms with Crippen molar-refractivity contribution in [3.63, 3.8) is 0 Å². The van der Waals surface area contributed by atoms with E-state index >= 15 is 0 Å². The number of rotatable bonds is 8. The summed E-state index contributed by atoms with van der Waals surface area (Å²) < 4.78 is 26.3. The van der Waals surface area contributed by atoms with Gasteiger partial charge in [-0.3, -0.25) is 4.79 Å². The minimum atomic E-state index is -3.45. The molecule has 2 rings (SSSR count). The number of anilines is 1. The summed E-state index contributed by atoms with van der Waals surface area (Å²) in [6, 6.07) is 12.2. The average Bonchev–Trinajstić information content (AvgIpc) is 2.61. The maximum absolute atomic E-state index is 12.5. The summed E-state index contributed by atoms with van der Waals surface area (Å²) >= 11 is 0. The van der Waals surface area contributed by atoms with E-state index in [0.717, 1.165) is 11.3 Å². The van der Waals surface area contributed by atoms with Gasteiger partial charge >= 0.3 is 0 Å². The van der Waals surface area contributed by atoms with Crippen molar-refractivity contribution >= 4 is 21.7 Å². The number of benzene rings is 1. The number of nitrogens with one attached hydrogen (secondary N) is 1. The zero-order valence-corrected chi connectivity index (χ0v) is 16.2. The smallest absolute Gasteiger partial charge is 0.243 e. The highest BCUT2D eigenvalue weighted by molar-refractivity contribution is 7.89. The van der Waals surface area contributed by atoms with Gasteiger partial charge in [-0.25, -0.2) is 13.4 Å². The molecule has 1 amide bonds. The van der Waals surface area contributed by atoms with Crippen LogP contribution in [-0.4, -0.2) is 36.7 Å². The minimum Gasteiger partial charge on any atom is -0.311 e. The number of carbonyl (C=O) groups is 1. The summed E-state index contributed by atoms with van der Waals surface area (Å²) in [5.74, 6) is 0.415. The lowest BCUT2D eigenvalue weighted by Gasteiger charge is -2.18. The Morgan fingerprint density at radius 1 is 1.08 bits per heavy atom. The number of hydrogen-bond donors (Lipinski definition) is 1. The standard InChI is InChI=1S/C19H25N3O3S/c1-4-22(5-2)26(24,25)17-12-9-16(10-13-17)11-14-19(23)21-18-8-6-7-15(3)20-18/h6-10,12-13H,4-5,11,14H2,1-3H3,(H,20,21,23). The van der Waals surface area contributed by atoms with E-state index in [9.17, 15) is 13.2 Å². The highest BCUT2D eigenvalue weighted by Gasteiger charge is 2.21. The van der Waals surface area contributed by atoms with E-state index in [1.165, 1.54) is 4.31 Å². The van der Waals surface area contributed by atoms with Crippen molar-refractivity contribution in [2.75, 3.05) is 18.4 Å². The van der Waals surface area contributed by atoms with Crippen LogP contribution in [0, 0.1) is 6.92 Å². The van der Waals surface area contributed by atoms with E-state index in [0.29, 0.717) is 31.7 Å². The van der Waals surface area contributed by atoms with Crippen LogP contribution in [0.4, 0.5) is 5.82 Å². The summed E-state index contributed by atoms with van der Waals surface area (Å²) in [5, 5.41) is 2.77. The Kier molecular flexibility index (Phi) is 6.88. The molecule has 1 heterocycles. The molecule has 0 saturated heterocycles. The molecule has 0 spiro atoms. The van der Waals surface area contributed by atoms with E-state index in [-0.39, 0.29) is 10.8 Å². The fraction of sp³-hybridized carbons (Fsp3) is 0.368. The second kappa shape index (κ2) is 8.91. The number of sulfonamides is 1. The van der Waals surface area contributed by atoms with Gasteiger partial charge in [-0.1, -0.05) is 32.0 Å². The van der Waals surface area contributed by atoms with Gasteiger partial charge < -0.3 is 5.32 Å². The Morgan fingerprint density at radius 3 is 2.31 bits per heavy atom. The molecule has 1 aromatic heterocycles. The van der Waals surface area contributed by atoms with Crippen molar-refractivity contribution in [2.24, 2.45) is 0 Å². The van der Waals surface area contributed by atoms with Crippen LogP contribution in [0.3, 0.4) is 0 Å². The topological polar surface area (TPSA) is 79.4 Å². The molecule has 0 atom stereocenters. The SMILES string of the molecule is CCN(CC)S(=O)(=O)c1ccc(CCC(=O)Nc2cccc(C)n2)cc1. The Balaban J connectivity index is 1.96. The molecule has 0 unspecified atom stereocenters. The van der Waals surface area contributed by atoms with Gasteiger partial charge in [0.25, 0.3) is 0 Å². The van der Waals surface area contributed by atoms with Crippen molar-refractivity contribution < 1.29 is 13.2 Å². The average molecular weight is 375 g/mol. The summed E-state index contributed by atoms with van der Waals surface area (Å²) in [4.78, 5) is 16.5. The number of pyridine rings is 1. The van der Waals surface area contributed by atoms with E-state index in [1.807, 2.05) is 32.9 Å². The van der Waals surface area contributed by atoms with Crippen LogP contribution in [0.25, 0.3) is 0 Å². The number of aromatic nitrogens is 1. The minimum absolute atomic E-state index is 0.122. The van der Waals surface area contributed by atoms with Crippen LogP contribution in [0.2, 0.25) is 0 Å². The number of nitrogens with zero attached hydrogens (tertiary/aromatic N) is 2. The Hall–Kier alpha value is -2.25. The fourth-order valence-electron chi connectivity index (χ4n) is 2.62. The van der Waals surface area contributed by atoms with Crippen molar-refractivity contribution in [3.05, 3.63) is 53.7 Å². The van der Waals surface area contributed by atoms with Gasteiger partial charge in [-0.05, 0) is 43.2 Å². The lowest BCUT2D eigenvalue weighted by Crippen LogP contribution is -2.30. The normalized spacial score (nSPS) is 11.5. The van der Waals surface area contributed by atoms with Gasteiger partial charge in [0.15, 0.2) is 0 Å². The van der Waals surface area contributed by atoms with Crippen LogP contribution in [0.5, 0.6) is 0 Å². The van der Waals surface area contributed by atoms with Crippen LogP contribution in [0.1, 0.15) is 31.5 Å². The van der Waals surface area contributed by atoms with Crippen molar-refractivity contribution in [1.29, 1.82) is 0 Å². The van der Waals surface area contributed by atoms with Crippen LogP contribution >= 0.6 is 0 Å². The Morgan fingerprint density at radius 2 is 1.73 bits per heavy atom. The van der Waals surface area contributed by atoms with E-state index in [2.05, 4.69) is 10.3 Å². The molecule has 0 aliphatic rings. The molecular weight excluding hydrogens is 350 g/mol. The third-order valence-electron chi connectivity index (χ3n) is 4.06. The van der Waals surface area contributed by atoms with Gasteiger partial charge in [0.05, 0.1) is 4.90 Å². The molecule has 0 saturated carbocycles. The largest absolute Gasteiger partial charge is 0.311 e. The number of amides is 1. The molecule has 26 heavy (non-hydrogen) atoms. The van der Waals surface area contributed by atoms with Crippen molar-refractivity contribution in [3.8, 4) is 0 Å². The van der Waals surface area contributed by atoms with Crippen molar-refractivity contribution in [2.45, 2.75) is 38.5 Å². The van der Waals surface area contributed by atoms with Crippen LogP contribution < -0.4 is 5.32 Å². The molecule has 0 bridgehead atoms. The third-order valence-corrected chi connectivity index (χ3v) is 6.13. The van der Waals surface area contributed by atoms with E-state index < -0.39 is 10.0 Å². The predicted molar refractivity (Wildman–Crippen MR) is 102 cm³/mol. The zero-order valence-electron chi connectivity index (χ0n) is 15.4. The first kappa shape index (κ1) is 20.1. The van der Waals surface area contributed by atoms with Gasteiger partial charge in [0, 0.05) is 25.2 Å². The molecule has 140 valence electrons. The molecule has 1 aromatic carbocycles.